The molecule has 0 radical (unpaired) electrons. The maximum absolute atomic E-state index is 14.2. The number of rotatable bonds is 52. The van der Waals surface area contributed by atoms with Crippen LogP contribution in [0.3, 0.4) is 0 Å². The van der Waals surface area contributed by atoms with E-state index in [0.29, 0.717) is 36.5 Å². The number of hydrogen-bond donors (Lipinski definition) is 7. The van der Waals surface area contributed by atoms with Crippen molar-refractivity contribution in [2.45, 2.75) is 361 Å². The number of esters is 2. The summed E-state index contributed by atoms with van der Waals surface area (Å²) in [6, 6.07) is 0. The van der Waals surface area contributed by atoms with E-state index in [1.54, 1.807) is 6.92 Å². The summed E-state index contributed by atoms with van der Waals surface area (Å²) in [4.78, 5) is 27.7. The van der Waals surface area contributed by atoms with Crippen molar-refractivity contribution in [1.29, 1.82) is 0 Å². The number of aliphatic hydroxyl groups excluding tert-OH is 6. The van der Waals surface area contributed by atoms with Crippen LogP contribution in [0.1, 0.15) is 293 Å². The summed E-state index contributed by atoms with van der Waals surface area (Å²) in [5.74, 6) is 0.0432. The number of hydrogen-bond acceptors (Lipinski definition) is 16. The highest BCUT2D eigenvalue weighted by Crippen LogP contribution is 2.35. The largest absolute Gasteiger partial charge is 0.455 e. The van der Waals surface area contributed by atoms with E-state index < -0.39 is 103 Å². The molecule has 18 atom stereocenters. The Morgan fingerprint density at radius 1 is 0.459 bits per heavy atom. The first-order valence-electron chi connectivity index (χ1n) is 34.5. The molecule has 2 aliphatic heterocycles. The van der Waals surface area contributed by atoms with Crippen LogP contribution in [0.15, 0.2) is 0 Å². The molecule has 2 rings (SSSR count). The van der Waals surface area contributed by atoms with Gasteiger partial charge in [-0.05, 0) is 86.9 Å². The van der Waals surface area contributed by atoms with Gasteiger partial charge in [0, 0.05) is 6.42 Å². The van der Waals surface area contributed by atoms with E-state index in [1.807, 2.05) is 0 Å². The Labute approximate surface area is 516 Å². The van der Waals surface area contributed by atoms with Crippen LogP contribution < -0.4 is 0 Å². The average molecular weight is 1240 g/mol. The second-order valence-electron chi connectivity index (χ2n) is 27.0. The fourth-order valence-corrected chi connectivity index (χ4v) is 13.9. The zero-order valence-electron chi connectivity index (χ0n) is 54.9. The molecule has 7 N–H and O–H groups in total. The first-order chi connectivity index (χ1) is 40.5. The second-order valence-corrected chi connectivity index (χ2v) is 28.1. The molecule has 18 heteroatoms. The SMILES string of the molecule is CCCCCCCCCCCCCCCCCC(O)C(C)CC(C)CC(C)CC(C)CC(C)CC(C)CC(C)C(=O)OC1C(OC2OC(CO)C(O)C(O)C2OS(=O)(=O)O)OC(CO)C(O)C1OC(=O)CCCCCCCCCCCCCCC. The Morgan fingerprint density at radius 2 is 0.824 bits per heavy atom. The molecule has 17 nitrogen and oxygen atoms in total. The maximum Gasteiger partial charge on any atom is 0.397 e. The Kier molecular flexibility index (Phi) is 43.5. The summed E-state index contributed by atoms with van der Waals surface area (Å²) in [6.45, 7) is 17.9. The zero-order valence-corrected chi connectivity index (χ0v) is 55.7. The number of carbonyl (C=O) groups is 2. The lowest BCUT2D eigenvalue weighted by atomic mass is 9.80. The summed E-state index contributed by atoms with van der Waals surface area (Å²) in [5, 5.41) is 64.3. The van der Waals surface area contributed by atoms with Crippen molar-refractivity contribution in [2.24, 2.45) is 41.4 Å². The van der Waals surface area contributed by atoms with Crippen LogP contribution >= 0.6 is 0 Å². The molecule has 2 heterocycles. The van der Waals surface area contributed by atoms with Crippen LogP contribution in [0.5, 0.6) is 0 Å². The summed E-state index contributed by atoms with van der Waals surface area (Å²) < 4.78 is 67.5. The van der Waals surface area contributed by atoms with Gasteiger partial charge in [-0.1, -0.05) is 236 Å². The molecule has 0 bridgehead atoms. The predicted octanol–water partition coefficient (Wildman–Crippen LogP) is 13.4. The van der Waals surface area contributed by atoms with Gasteiger partial charge in [0.25, 0.3) is 0 Å². The molecule has 0 saturated carbocycles. The van der Waals surface area contributed by atoms with Crippen molar-refractivity contribution in [3.05, 3.63) is 0 Å². The average Bonchev–Trinajstić information content (AvgIpc) is 1.64. The van der Waals surface area contributed by atoms with Gasteiger partial charge < -0.3 is 54.3 Å². The first kappa shape index (κ1) is 79.5. The summed E-state index contributed by atoms with van der Waals surface area (Å²) in [7, 11) is -5.33. The van der Waals surface area contributed by atoms with Gasteiger partial charge in [0.05, 0.1) is 25.2 Å². The minimum absolute atomic E-state index is 0.0250. The number of aliphatic hydroxyl groups is 6. The molecule has 2 aliphatic rings. The van der Waals surface area contributed by atoms with E-state index in [4.69, 9.17) is 23.7 Å². The highest BCUT2D eigenvalue weighted by Gasteiger charge is 2.55. The molecule has 0 aromatic carbocycles. The molecule has 0 aliphatic carbocycles. The molecular weight excluding hydrogens is 1110 g/mol. The fraction of sp³-hybridized carbons (Fsp3) is 0.970. The van der Waals surface area contributed by atoms with Crippen LogP contribution in [0, 0.1) is 41.4 Å². The van der Waals surface area contributed by atoms with Gasteiger partial charge >= 0.3 is 22.3 Å². The molecule has 504 valence electrons. The van der Waals surface area contributed by atoms with Crippen molar-refractivity contribution in [3.8, 4) is 0 Å². The standard InChI is InChI=1S/C67H128O17S/c1-10-12-14-16-18-20-22-24-25-27-28-30-32-34-36-38-55(70)53(8)44-51(6)42-49(4)40-48(3)41-50(5)43-52(7)45-54(9)65(75)82-64-62(81-58(71)39-37-35-33-31-29-26-23-21-19-17-15-13-11-2)60(73)57(47-69)80-67(64)83-66-63(84-85(76,77)78)61(74)59(72)56(46-68)79-66/h48-57,59-64,66-70,72-74H,10-47H2,1-9H3,(H,76,77,78). The van der Waals surface area contributed by atoms with Crippen LogP contribution in [0.2, 0.25) is 0 Å². The van der Waals surface area contributed by atoms with Crippen molar-refractivity contribution >= 4 is 22.3 Å². The minimum Gasteiger partial charge on any atom is -0.455 e. The van der Waals surface area contributed by atoms with E-state index >= 15 is 0 Å². The third kappa shape index (κ3) is 35.0. The molecule has 0 spiro atoms. The Bertz CT molecular complexity index is 1780. The van der Waals surface area contributed by atoms with Gasteiger partial charge in [-0.3, -0.25) is 14.1 Å². The van der Waals surface area contributed by atoms with Crippen molar-refractivity contribution in [1.82, 2.24) is 0 Å². The topological polar surface area (TPSA) is 265 Å². The van der Waals surface area contributed by atoms with Gasteiger partial charge in [-0.15, -0.1) is 0 Å². The third-order valence-electron chi connectivity index (χ3n) is 18.0. The Hall–Kier alpha value is -1.55. The van der Waals surface area contributed by atoms with Crippen LogP contribution in [-0.4, -0.2) is 136 Å². The molecule has 18 unspecified atom stereocenters. The molecule has 85 heavy (non-hydrogen) atoms. The fourth-order valence-electron chi connectivity index (χ4n) is 13.4. The van der Waals surface area contributed by atoms with E-state index in [0.717, 1.165) is 70.6 Å². The number of unbranched alkanes of at least 4 members (excludes halogenated alkanes) is 26. The van der Waals surface area contributed by atoms with Crippen molar-refractivity contribution in [3.63, 3.8) is 0 Å². The first-order valence-corrected chi connectivity index (χ1v) is 35.9. The normalized spacial score (nSPS) is 25.8. The van der Waals surface area contributed by atoms with Crippen molar-refractivity contribution < 1.29 is 81.1 Å². The lowest BCUT2D eigenvalue weighted by Crippen LogP contribution is -2.65. The highest BCUT2D eigenvalue weighted by molar-refractivity contribution is 7.80. The van der Waals surface area contributed by atoms with Gasteiger partial charge in [0.1, 0.15) is 30.5 Å². The van der Waals surface area contributed by atoms with E-state index in [-0.39, 0.29) is 24.4 Å². The molecular formula is C67H128O17S. The predicted molar refractivity (Wildman–Crippen MR) is 334 cm³/mol. The van der Waals surface area contributed by atoms with Crippen molar-refractivity contribution in [2.75, 3.05) is 13.2 Å². The van der Waals surface area contributed by atoms with Crippen LogP contribution in [-0.2, 0) is 47.9 Å². The highest BCUT2D eigenvalue weighted by atomic mass is 32.3. The van der Waals surface area contributed by atoms with Gasteiger partial charge in [-0.2, -0.15) is 8.42 Å². The molecule has 2 fully saturated rings. The molecule has 2 saturated heterocycles. The molecule has 0 aromatic rings. The van der Waals surface area contributed by atoms with E-state index in [2.05, 4.69) is 59.6 Å². The molecule has 0 amide bonds. The van der Waals surface area contributed by atoms with Crippen LogP contribution in [0.25, 0.3) is 0 Å². The monoisotopic (exact) mass is 1240 g/mol. The summed E-state index contributed by atoms with van der Waals surface area (Å²) >= 11 is 0. The third-order valence-corrected chi connectivity index (χ3v) is 18.5. The van der Waals surface area contributed by atoms with Gasteiger partial charge in [0.2, 0.25) is 6.29 Å². The van der Waals surface area contributed by atoms with E-state index in [9.17, 15) is 53.2 Å². The Balaban J connectivity index is 1.97. The smallest absolute Gasteiger partial charge is 0.397 e. The van der Waals surface area contributed by atoms with Gasteiger partial charge in [-0.25, -0.2) is 4.18 Å². The number of carbonyl (C=O) groups excluding carboxylic acids is 2. The summed E-state index contributed by atoms with van der Waals surface area (Å²) in [6.07, 6.45) is 22.1. The zero-order chi connectivity index (χ0) is 63.2. The number of ether oxygens (including phenoxy) is 5. The Morgan fingerprint density at radius 3 is 1.24 bits per heavy atom. The lowest BCUT2D eigenvalue weighted by Gasteiger charge is -2.46. The molecule has 0 aromatic heterocycles. The van der Waals surface area contributed by atoms with Crippen LogP contribution in [0.4, 0.5) is 0 Å². The minimum atomic E-state index is -5.33. The summed E-state index contributed by atoms with van der Waals surface area (Å²) in [5.41, 5.74) is 0. The van der Waals surface area contributed by atoms with Gasteiger partial charge in [0.15, 0.2) is 24.6 Å². The van der Waals surface area contributed by atoms with E-state index in [1.165, 1.54) is 141 Å². The quantitative estimate of drug-likeness (QED) is 0.0170. The second kappa shape index (κ2) is 46.5. The maximum atomic E-state index is 14.2. The lowest BCUT2D eigenvalue weighted by molar-refractivity contribution is -0.374.